The fourth-order valence-corrected chi connectivity index (χ4v) is 7.70. The van der Waals surface area contributed by atoms with E-state index in [0.717, 1.165) is 50.1 Å². The summed E-state index contributed by atoms with van der Waals surface area (Å²) in [5, 5.41) is 7.01. The third-order valence-electron chi connectivity index (χ3n) is 10.3. The number of para-hydroxylation sites is 1. The van der Waals surface area contributed by atoms with Gasteiger partial charge in [-0.25, -0.2) is 0 Å². The Bertz CT molecular complexity index is 2880. The quantitative estimate of drug-likeness (QED) is 0.176. The van der Waals surface area contributed by atoms with Gasteiger partial charge in [0.2, 0.25) is 0 Å². The molecule has 0 N–H and O–H groups in total. The van der Waals surface area contributed by atoms with Crippen molar-refractivity contribution in [3.8, 4) is 33.4 Å². The molecule has 10 aromatic rings. The number of anilines is 3. The van der Waals surface area contributed by atoms with Crippen LogP contribution in [0.15, 0.2) is 205 Å². The molecule has 0 bridgehead atoms. The van der Waals surface area contributed by atoms with E-state index >= 15 is 0 Å². The molecule has 2 heteroatoms. The van der Waals surface area contributed by atoms with Crippen molar-refractivity contribution in [1.82, 2.24) is 0 Å². The van der Waals surface area contributed by atoms with Gasteiger partial charge in [0.05, 0.1) is 11.1 Å². The van der Waals surface area contributed by atoms with Crippen LogP contribution in [0.25, 0.3) is 76.9 Å². The van der Waals surface area contributed by atoms with Gasteiger partial charge in [-0.15, -0.1) is 0 Å². The van der Waals surface area contributed by atoms with E-state index in [4.69, 9.17) is 4.42 Å². The lowest BCUT2D eigenvalue weighted by molar-refractivity contribution is 0.670. The second-order valence-corrected chi connectivity index (χ2v) is 13.3. The van der Waals surface area contributed by atoms with E-state index in [1.807, 2.05) is 6.07 Å². The van der Waals surface area contributed by atoms with Crippen LogP contribution in [-0.4, -0.2) is 0 Å². The molecule has 0 fully saturated rings. The summed E-state index contributed by atoms with van der Waals surface area (Å²) in [6.07, 6.45) is 0. The van der Waals surface area contributed by atoms with E-state index in [1.54, 1.807) is 0 Å². The SMILES string of the molecule is c1ccc(-c2ccc(-c3ccc(N(c4ccc5ccccc5c4)c4ccc(-c5cccc6ccccc56)c5oc6ccccc6c45)cc3)cc2)cc1. The zero-order chi connectivity index (χ0) is 34.4. The molecular formula is C50H33NO. The van der Waals surface area contributed by atoms with Gasteiger partial charge in [-0.3, -0.25) is 0 Å². The van der Waals surface area contributed by atoms with Crippen molar-refractivity contribution in [2.45, 2.75) is 0 Å². The van der Waals surface area contributed by atoms with E-state index < -0.39 is 0 Å². The monoisotopic (exact) mass is 663 g/mol. The Hall–Kier alpha value is -6.90. The number of rotatable bonds is 6. The lowest BCUT2D eigenvalue weighted by Crippen LogP contribution is -2.10. The number of benzene rings is 9. The molecule has 0 aliphatic heterocycles. The first-order valence-corrected chi connectivity index (χ1v) is 17.8. The molecule has 0 spiro atoms. The van der Waals surface area contributed by atoms with Crippen LogP contribution in [0.1, 0.15) is 0 Å². The molecule has 0 aliphatic rings. The zero-order valence-corrected chi connectivity index (χ0v) is 28.4. The molecule has 0 saturated carbocycles. The highest BCUT2D eigenvalue weighted by molar-refractivity contribution is 6.18. The smallest absolute Gasteiger partial charge is 0.145 e. The Balaban J connectivity index is 1.16. The molecule has 10 rings (SSSR count). The van der Waals surface area contributed by atoms with Crippen LogP contribution in [0.4, 0.5) is 17.1 Å². The van der Waals surface area contributed by atoms with E-state index in [2.05, 4.69) is 199 Å². The highest BCUT2D eigenvalue weighted by Crippen LogP contribution is 2.47. The number of fused-ring (bicyclic) bond motifs is 5. The summed E-state index contributed by atoms with van der Waals surface area (Å²) in [5.41, 5.74) is 12.0. The molecule has 244 valence electrons. The number of furan rings is 1. The van der Waals surface area contributed by atoms with E-state index in [0.29, 0.717) is 0 Å². The minimum atomic E-state index is 0.874. The standard InChI is InChI=1S/C50H33NO/c1-2-11-34(12-3-1)36-21-23-37(24-22-36)38-25-28-41(29-26-38)51(42-30-27-35-13-4-5-15-40(35)33-42)47-32-31-45(44-19-10-16-39-14-6-7-17-43(39)44)50-49(47)46-18-8-9-20-48(46)52-50/h1-33H. The van der Waals surface area contributed by atoms with Gasteiger partial charge in [-0.1, -0.05) is 158 Å². The summed E-state index contributed by atoms with van der Waals surface area (Å²) < 4.78 is 6.81. The summed E-state index contributed by atoms with van der Waals surface area (Å²) in [5.74, 6) is 0. The zero-order valence-electron chi connectivity index (χ0n) is 28.4. The third kappa shape index (κ3) is 5.12. The highest BCUT2D eigenvalue weighted by atomic mass is 16.3. The molecule has 2 nitrogen and oxygen atoms in total. The Kier molecular flexibility index (Phi) is 7.18. The molecule has 52 heavy (non-hydrogen) atoms. The summed E-state index contributed by atoms with van der Waals surface area (Å²) in [7, 11) is 0. The van der Waals surface area contributed by atoms with Crippen molar-refractivity contribution in [2.75, 3.05) is 4.90 Å². The van der Waals surface area contributed by atoms with Crippen molar-refractivity contribution in [1.29, 1.82) is 0 Å². The van der Waals surface area contributed by atoms with Gasteiger partial charge in [0.25, 0.3) is 0 Å². The summed E-state index contributed by atoms with van der Waals surface area (Å²) in [4.78, 5) is 2.38. The van der Waals surface area contributed by atoms with E-state index in [-0.39, 0.29) is 0 Å². The maximum Gasteiger partial charge on any atom is 0.145 e. The van der Waals surface area contributed by atoms with Crippen molar-refractivity contribution in [3.05, 3.63) is 200 Å². The van der Waals surface area contributed by atoms with Crippen LogP contribution in [0, 0.1) is 0 Å². The Labute approximate surface area is 302 Å². The number of hydrogen-bond donors (Lipinski definition) is 0. The first-order valence-electron chi connectivity index (χ1n) is 17.8. The summed E-state index contributed by atoms with van der Waals surface area (Å²) in [6.45, 7) is 0. The minimum absolute atomic E-state index is 0.874. The van der Waals surface area contributed by atoms with Crippen LogP contribution in [0.5, 0.6) is 0 Å². The van der Waals surface area contributed by atoms with Crippen LogP contribution in [-0.2, 0) is 0 Å². The third-order valence-corrected chi connectivity index (χ3v) is 10.3. The fraction of sp³-hybridized carbons (Fsp3) is 0. The van der Waals surface area contributed by atoms with Crippen LogP contribution in [0.2, 0.25) is 0 Å². The van der Waals surface area contributed by atoms with Gasteiger partial charge in [0.1, 0.15) is 11.2 Å². The summed E-state index contributed by atoms with van der Waals surface area (Å²) >= 11 is 0. The maximum atomic E-state index is 6.81. The topological polar surface area (TPSA) is 16.4 Å². The molecule has 0 saturated heterocycles. The largest absolute Gasteiger partial charge is 0.455 e. The van der Waals surface area contributed by atoms with Gasteiger partial charge < -0.3 is 9.32 Å². The molecule has 0 aliphatic carbocycles. The molecule has 1 aromatic heterocycles. The van der Waals surface area contributed by atoms with Crippen LogP contribution >= 0.6 is 0 Å². The molecule has 0 amide bonds. The summed E-state index contributed by atoms with van der Waals surface area (Å²) in [6, 6.07) is 71.6. The second kappa shape index (κ2) is 12.5. The fourth-order valence-electron chi connectivity index (χ4n) is 7.70. The van der Waals surface area contributed by atoms with Crippen LogP contribution in [0.3, 0.4) is 0 Å². The molecule has 9 aromatic carbocycles. The first-order chi connectivity index (χ1) is 25.8. The predicted octanol–water partition coefficient (Wildman–Crippen LogP) is 14.4. The van der Waals surface area contributed by atoms with Crippen LogP contribution < -0.4 is 4.90 Å². The lowest BCUT2D eigenvalue weighted by Gasteiger charge is -2.27. The van der Waals surface area contributed by atoms with Crippen molar-refractivity contribution >= 4 is 60.5 Å². The number of hydrogen-bond acceptors (Lipinski definition) is 2. The van der Waals surface area contributed by atoms with Gasteiger partial charge in [0, 0.05) is 22.3 Å². The number of nitrogens with zero attached hydrogens (tertiary/aromatic N) is 1. The van der Waals surface area contributed by atoms with Crippen molar-refractivity contribution in [3.63, 3.8) is 0 Å². The minimum Gasteiger partial charge on any atom is -0.455 e. The second-order valence-electron chi connectivity index (χ2n) is 13.3. The lowest BCUT2D eigenvalue weighted by atomic mass is 9.95. The first kappa shape index (κ1) is 30.0. The predicted molar refractivity (Wildman–Crippen MR) is 220 cm³/mol. The average molecular weight is 664 g/mol. The Morgan fingerprint density at radius 1 is 0.346 bits per heavy atom. The molecular weight excluding hydrogens is 631 g/mol. The van der Waals surface area contributed by atoms with Gasteiger partial charge >= 0.3 is 0 Å². The molecule has 0 atom stereocenters. The van der Waals surface area contributed by atoms with Gasteiger partial charge in [-0.05, 0) is 91.8 Å². The molecule has 0 radical (unpaired) electrons. The van der Waals surface area contributed by atoms with Crippen molar-refractivity contribution < 1.29 is 4.42 Å². The molecule has 1 heterocycles. The average Bonchev–Trinajstić information content (AvgIpc) is 3.62. The Morgan fingerprint density at radius 3 is 1.69 bits per heavy atom. The Morgan fingerprint density at radius 2 is 0.923 bits per heavy atom. The highest BCUT2D eigenvalue weighted by Gasteiger charge is 2.23. The van der Waals surface area contributed by atoms with Gasteiger partial charge in [-0.2, -0.15) is 0 Å². The van der Waals surface area contributed by atoms with E-state index in [9.17, 15) is 0 Å². The maximum absolute atomic E-state index is 6.81. The van der Waals surface area contributed by atoms with Crippen molar-refractivity contribution in [2.24, 2.45) is 0 Å². The molecule has 0 unspecified atom stereocenters. The van der Waals surface area contributed by atoms with E-state index in [1.165, 1.54) is 43.8 Å². The van der Waals surface area contributed by atoms with Gasteiger partial charge in [0.15, 0.2) is 0 Å². The normalized spacial score (nSPS) is 11.5.